The van der Waals surface area contributed by atoms with Gasteiger partial charge in [0.15, 0.2) is 0 Å². The van der Waals surface area contributed by atoms with Gasteiger partial charge in [0.25, 0.3) is 0 Å². The summed E-state index contributed by atoms with van der Waals surface area (Å²) in [5.41, 5.74) is 0.700. The number of benzene rings is 1. The number of nitrogens with zero attached hydrogens (tertiary/aromatic N) is 3. The predicted molar refractivity (Wildman–Crippen MR) is 72.3 cm³/mol. The molecule has 19 heavy (non-hydrogen) atoms. The molecular weight excluding hydrogens is 290 g/mol. The monoisotopic (exact) mass is 301 g/mol. The van der Waals surface area contributed by atoms with Crippen LogP contribution in [0.4, 0.5) is 0 Å². The molecule has 0 fully saturated rings. The van der Waals surface area contributed by atoms with Gasteiger partial charge in [-0.2, -0.15) is 21.9 Å². The minimum Gasteiger partial charge on any atom is -0.507 e. The molecule has 8 heteroatoms. The van der Waals surface area contributed by atoms with Crippen molar-refractivity contribution < 1.29 is 13.5 Å². The molecule has 6 nitrogen and oxygen atoms in total. The van der Waals surface area contributed by atoms with E-state index in [-0.39, 0.29) is 5.75 Å². The van der Waals surface area contributed by atoms with E-state index in [0.29, 0.717) is 16.3 Å². The summed E-state index contributed by atoms with van der Waals surface area (Å²) in [5.74, 6) is -0.0168. The molecule has 0 amide bonds. The highest BCUT2D eigenvalue weighted by molar-refractivity contribution is 7.87. The Morgan fingerprint density at radius 2 is 2.00 bits per heavy atom. The molecular formula is C11H12ClN3O3S. The molecule has 2 aromatic rings. The van der Waals surface area contributed by atoms with E-state index in [0.717, 1.165) is 8.39 Å². The van der Waals surface area contributed by atoms with E-state index in [1.165, 1.54) is 44.6 Å². The van der Waals surface area contributed by atoms with Crippen LogP contribution in [-0.4, -0.2) is 41.1 Å². The molecule has 0 unspecified atom stereocenters. The second kappa shape index (κ2) is 4.84. The number of aromatic nitrogens is 2. The Labute approximate surface area is 116 Å². The van der Waals surface area contributed by atoms with Gasteiger partial charge >= 0.3 is 10.2 Å². The topological polar surface area (TPSA) is 75.4 Å². The predicted octanol–water partition coefficient (Wildman–Crippen LogP) is 1.56. The summed E-state index contributed by atoms with van der Waals surface area (Å²) in [7, 11) is -0.842. The van der Waals surface area contributed by atoms with Crippen molar-refractivity contribution in [3.05, 3.63) is 35.5 Å². The summed E-state index contributed by atoms with van der Waals surface area (Å²) in [4.78, 5) is 0. The molecule has 0 saturated carbocycles. The van der Waals surface area contributed by atoms with Crippen molar-refractivity contribution in [2.75, 3.05) is 14.1 Å². The van der Waals surface area contributed by atoms with Crippen molar-refractivity contribution in [2.24, 2.45) is 0 Å². The minimum atomic E-state index is -3.66. The van der Waals surface area contributed by atoms with E-state index < -0.39 is 10.2 Å². The molecule has 0 saturated heterocycles. The zero-order valence-corrected chi connectivity index (χ0v) is 11.9. The third-order valence-corrected chi connectivity index (χ3v) is 4.33. The summed E-state index contributed by atoms with van der Waals surface area (Å²) in [6, 6.07) is 5.98. The summed E-state index contributed by atoms with van der Waals surface area (Å²) in [6.45, 7) is 0. The molecule has 1 aromatic carbocycles. The summed E-state index contributed by atoms with van der Waals surface area (Å²) >= 11 is 5.84. The summed E-state index contributed by atoms with van der Waals surface area (Å²) in [5, 5.41) is 14.1. The van der Waals surface area contributed by atoms with Crippen molar-refractivity contribution >= 4 is 21.8 Å². The lowest BCUT2D eigenvalue weighted by Crippen LogP contribution is -2.29. The molecule has 0 bridgehead atoms. The number of hydrogen-bond donors (Lipinski definition) is 1. The largest absolute Gasteiger partial charge is 0.507 e. The first kappa shape index (κ1) is 13.9. The van der Waals surface area contributed by atoms with Gasteiger partial charge < -0.3 is 5.11 Å². The van der Waals surface area contributed by atoms with Crippen LogP contribution in [0.25, 0.3) is 11.3 Å². The Bertz CT molecular complexity index is 710. The highest BCUT2D eigenvalue weighted by Gasteiger charge is 2.18. The maximum atomic E-state index is 11.9. The van der Waals surface area contributed by atoms with E-state index in [9.17, 15) is 13.5 Å². The number of phenols is 1. The van der Waals surface area contributed by atoms with Gasteiger partial charge in [0.2, 0.25) is 0 Å². The van der Waals surface area contributed by atoms with Crippen molar-refractivity contribution in [1.29, 1.82) is 0 Å². The van der Waals surface area contributed by atoms with Crippen molar-refractivity contribution in [2.45, 2.75) is 0 Å². The fraction of sp³-hybridized carbons (Fsp3) is 0.182. The zero-order chi connectivity index (χ0) is 14.2. The first-order valence-electron chi connectivity index (χ1n) is 5.30. The third-order valence-electron chi connectivity index (χ3n) is 2.50. The Kier molecular flexibility index (Phi) is 3.53. The first-order chi connectivity index (χ1) is 8.82. The second-order valence-corrected chi connectivity index (χ2v) is 6.46. The highest BCUT2D eigenvalue weighted by atomic mass is 35.5. The molecule has 1 heterocycles. The lowest BCUT2D eigenvalue weighted by Gasteiger charge is -2.10. The van der Waals surface area contributed by atoms with Crippen LogP contribution in [-0.2, 0) is 10.2 Å². The number of rotatable bonds is 3. The Morgan fingerprint density at radius 3 is 2.63 bits per heavy atom. The molecule has 0 spiro atoms. The van der Waals surface area contributed by atoms with Crippen LogP contribution in [0.5, 0.6) is 5.75 Å². The zero-order valence-electron chi connectivity index (χ0n) is 10.3. The van der Waals surface area contributed by atoms with E-state index in [1.54, 1.807) is 0 Å². The van der Waals surface area contributed by atoms with Crippen LogP contribution in [0.3, 0.4) is 0 Å². The van der Waals surface area contributed by atoms with Crippen molar-refractivity contribution in [3.8, 4) is 17.0 Å². The number of aromatic hydroxyl groups is 1. The molecule has 0 atom stereocenters. The average molecular weight is 302 g/mol. The average Bonchev–Trinajstić information content (AvgIpc) is 2.82. The molecule has 0 aliphatic heterocycles. The Balaban J connectivity index is 2.50. The number of hydrogen-bond acceptors (Lipinski definition) is 4. The molecule has 1 N–H and O–H groups in total. The highest BCUT2D eigenvalue weighted by Crippen LogP contribution is 2.30. The lowest BCUT2D eigenvalue weighted by molar-refractivity contribution is 0.477. The second-order valence-electron chi connectivity index (χ2n) is 4.03. The molecule has 0 aliphatic rings. The lowest BCUT2D eigenvalue weighted by atomic mass is 10.1. The number of halogens is 1. The smallest absolute Gasteiger partial charge is 0.322 e. The third kappa shape index (κ3) is 2.58. The van der Waals surface area contributed by atoms with Crippen LogP contribution < -0.4 is 0 Å². The SMILES string of the molecule is CN(C)S(=O)(=O)n1ccc(-c2cc(Cl)ccc2O)n1. The van der Waals surface area contributed by atoms with Gasteiger partial charge in [-0.05, 0) is 24.3 Å². The first-order valence-corrected chi connectivity index (χ1v) is 7.07. The van der Waals surface area contributed by atoms with Gasteiger partial charge in [0, 0.05) is 30.9 Å². The molecule has 2 rings (SSSR count). The summed E-state index contributed by atoms with van der Waals surface area (Å²) < 4.78 is 25.6. The van der Waals surface area contributed by atoms with Crippen LogP contribution in [0.15, 0.2) is 30.5 Å². The fourth-order valence-corrected chi connectivity index (χ4v) is 2.37. The van der Waals surface area contributed by atoms with Gasteiger partial charge in [-0.25, -0.2) is 0 Å². The molecule has 0 aliphatic carbocycles. The van der Waals surface area contributed by atoms with E-state index >= 15 is 0 Å². The molecule has 0 radical (unpaired) electrons. The number of phenolic OH excluding ortho intramolecular Hbond substituents is 1. The minimum absolute atomic E-state index is 0.0168. The van der Waals surface area contributed by atoms with Gasteiger partial charge in [0.05, 0.1) is 5.69 Å². The van der Waals surface area contributed by atoms with E-state index in [1.807, 2.05) is 0 Å². The van der Waals surface area contributed by atoms with Crippen molar-refractivity contribution in [1.82, 2.24) is 13.5 Å². The Hall–Kier alpha value is -1.57. The summed E-state index contributed by atoms with van der Waals surface area (Å²) in [6.07, 6.45) is 1.31. The van der Waals surface area contributed by atoms with E-state index in [2.05, 4.69) is 5.10 Å². The van der Waals surface area contributed by atoms with Crippen LogP contribution in [0.1, 0.15) is 0 Å². The van der Waals surface area contributed by atoms with Crippen molar-refractivity contribution in [3.63, 3.8) is 0 Å². The van der Waals surface area contributed by atoms with Gasteiger partial charge in [0.1, 0.15) is 5.75 Å². The maximum absolute atomic E-state index is 11.9. The quantitative estimate of drug-likeness (QED) is 0.933. The molecule has 1 aromatic heterocycles. The van der Waals surface area contributed by atoms with Crippen LogP contribution in [0, 0.1) is 0 Å². The van der Waals surface area contributed by atoms with E-state index in [4.69, 9.17) is 11.6 Å². The van der Waals surface area contributed by atoms with Gasteiger partial charge in [-0.1, -0.05) is 11.6 Å². The fourth-order valence-electron chi connectivity index (χ4n) is 1.46. The van der Waals surface area contributed by atoms with Crippen LogP contribution in [0.2, 0.25) is 5.02 Å². The molecule has 102 valence electrons. The van der Waals surface area contributed by atoms with Gasteiger partial charge in [-0.15, -0.1) is 0 Å². The van der Waals surface area contributed by atoms with Gasteiger partial charge in [-0.3, -0.25) is 0 Å². The standard InChI is InChI=1S/C11H12ClN3O3S/c1-14(2)19(17,18)15-6-5-10(13-15)9-7-8(12)3-4-11(9)16/h3-7,16H,1-2H3. The van der Waals surface area contributed by atoms with Crippen LogP contribution >= 0.6 is 11.6 Å². The Morgan fingerprint density at radius 1 is 1.32 bits per heavy atom. The normalized spacial score (nSPS) is 12.0. The maximum Gasteiger partial charge on any atom is 0.322 e.